The zero-order chi connectivity index (χ0) is 14.3. The van der Waals surface area contributed by atoms with Crippen molar-refractivity contribution in [2.75, 3.05) is 13.2 Å². The Morgan fingerprint density at radius 1 is 1.47 bits per heavy atom. The van der Waals surface area contributed by atoms with Crippen LogP contribution in [0.15, 0.2) is 18.2 Å². The number of amides is 1. The summed E-state index contributed by atoms with van der Waals surface area (Å²) in [6.45, 7) is 5.05. The fourth-order valence-electron chi connectivity index (χ4n) is 1.52. The molecule has 0 saturated heterocycles. The van der Waals surface area contributed by atoms with Gasteiger partial charge in [0.2, 0.25) is 5.91 Å². The van der Waals surface area contributed by atoms with Crippen LogP contribution in [0.3, 0.4) is 0 Å². The Bertz CT molecular complexity index is 424. The number of carbonyl (C=O) groups is 1. The predicted molar refractivity (Wildman–Crippen MR) is 73.8 cm³/mol. The van der Waals surface area contributed by atoms with E-state index in [0.29, 0.717) is 23.7 Å². The molecule has 0 aliphatic carbocycles. The van der Waals surface area contributed by atoms with Gasteiger partial charge in [0.1, 0.15) is 5.82 Å². The van der Waals surface area contributed by atoms with Crippen molar-refractivity contribution >= 4 is 17.5 Å². The quantitative estimate of drug-likeness (QED) is 0.783. The minimum atomic E-state index is -0.453. The molecule has 0 fully saturated rings. The molecule has 1 N–H and O–H groups in total. The number of rotatable bonds is 7. The van der Waals surface area contributed by atoms with Gasteiger partial charge in [0.05, 0.1) is 12.5 Å². The average molecular weight is 288 g/mol. The van der Waals surface area contributed by atoms with Gasteiger partial charge < -0.3 is 10.1 Å². The Hall–Kier alpha value is -1.13. The summed E-state index contributed by atoms with van der Waals surface area (Å²) in [5, 5.41) is 3.05. The molecule has 0 aliphatic heterocycles. The van der Waals surface area contributed by atoms with Gasteiger partial charge >= 0.3 is 0 Å². The Morgan fingerprint density at radius 3 is 2.84 bits per heavy atom. The Kier molecular flexibility index (Phi) is 6.81. The lowest BCUT2D eigenvalue weighted by Crippen LogP contribution is -2.27. The van der Waals surface area contributed by atoms with Crippen LogP contribution in [0.4, 0.5) is 4.39 Å². The van der Waals surface area contributed by atoms with Crippen molar-refractivity contribution in [1.29, 1.82) is 0 Å². The fraction of sp³-hybridized carbons (Fsp3) is 0.500. The fourth-order valence-corrected chi connectivity index (χ4v) is 1.68. The van der Waals surface area contributed by atoms with Gasteiger partial charge in [-0.1, -0.05) is 17.7 Å². The minimum absolute atomic E-state index is 0.0219. The number of hydrogen-bond donors (Lipinski definition) is 1. The summed E-state index contributed by atoms with van der Waals surface area (Å²) in [5.74, 6) is -0.656. The molecular weight excluding hydrogens is 269 g/mol. The molecule has 5 heteroatoms. The maximum absolute atomic E-state index is 13.5. The van der Waals surface area contributed by atoms with E-state index in [1.807, 2.05) is 13.8 Å². The lowest BCUT2D eigenvalue weighted by Gasteiger charge is -2.08. The highest BCUT2D eigenvalue weighted by molar-refractivity contribution is 6.30. The summed E-state index contributed by atoms with van der Waals surface area (Å²) in [6.07, 6.45) is 0.958. The van der Waals surface area contributed by atoms with Gasteiger partial charge in [-0.25, -0.2) is 4.39 Å². The van der Waals surface area contributed by atoms with Crippen molar-refractivity contribution in [3.05, 3.63) is 34.6 Å². The highest BCUT2D eigenvalue weighted by Crippen LogP contribution is 2.14. The molecule has 0 unspecified atom stereocenters. The van der Waals surface area contributed by atoms with Crippen molar-refractivity contribution in [1.82, 2.24) is 5.32 Å². The van der Waals surface area contributed by atoms with E-state index in [0.717, 1.165) is 6.42 Å². The molecule has 3 nitrogen and oxygen atoms in total. The molecule has 0 bridgehead atoms. The highest BCUT2D eigenvalue weighted by Gasteiger charge is 2.08. The van der Waals surface area contributed by atoms with Gasteiger partial charge in [-0.15, -0.1) is 0 Å². The lowest BCUT2D eigenvalue weighted by atomic mass is 10.1. The van der Waals surface area contributed by atoms with Gasteiger partial charge in [0.15, 0.2) is 0 Å². The molecule has 19 heavy (non-hydrogen) atoms. The van der Waals surface area contributed by atoms with Gasteiger partial charge in [-0.05, 0) is 38.0 Å². The lowest BCUT2D eigenvalue weighted by molar-refractivity contribution is -0.120. The van der Waals surface area contributed by atoms with Crippen molar-refractivity contribution in [2.45, 2.75) is 32.8 Å². The van der Waals surface area contributed by atoms with Crippen LogP contribution in [-0.4, -0.2) is 25.2 Å². The summed E-state index contributed by atoms with van der Waals surface area (Å²) in [5.41, 5.74) is 0.348. The third kappa shape index (κ3) is 6.55. The number of carbonyl (C=O) groups excluding carboxylic acids is 1. The summed E-state index contributed by atoms with van der Waals surface area (Å²) in [7, 11) is 0. The Labute approximate surface area is 118 Å². The normalized spacial score (nSPS) is 10.8. The van der Waals surface area contributed by atoms with Crippen LogP contribution < -0.4 is 5.32 Å². The second kappa shape index (κ2) is 8.12. The maximum Gasteiger partial charge on any atom is 0.224 e. The molecule has 1 aromatic rings. The van der Waals surface area contributed by atoms with Crippen molar-refractivity contribution in [2.24, 2.45) is 0 Å². The van der Waals surface area contributed by atoms with Gasteiger partial charge in [0.25, 0.3) is 0 Å². The van der Waals surface area contributed by atoms with Crippen LogP contribution in [0.2, 0.25) is 5.02 Å². The van der Waals surface area contributed by atoms with E-state index in [2.05, 4.69) is 5.32 Å². The number of hydrogen-bond acceptors (Lipinski definition) is 2. The van der Waals surface area contributed by atoms with Crippen molar-refractivity contribution in [3.8, 4) is 0 Å². The first-order chi connectivity index (χ1) is 8.99. The van der Waals surface area contributed by atoms with Gasteiger partial charge in [-0.2, -0.15) is 0 Å². The van der Waals surface area contributed by atoms with Crippen LogP contribution in [0.25, 0.3) is 0 Å². The van der Waals surface area contributed by atoms with Crippen LogP contribution in [-0.2, 0) is 16.0 Å². The molecule has 0 saturated carbocycles. The topological polar surface area (TPSA) is 38.3 Å². The molecule has 0 aromatic heterocycles. The zero-order valence-electron chi connectivity index (χ0n) is 11.2. The van der Waals surface area contributed by atoms with Crippen LogP contribution in [0.5, 0.6) is 0 Å². The van der Waals surface area contributed by atoms with E-state index in [1.54, 1.807) is 6.07 Å². The van der Waals surface area contributed by atoms with Gasteiger partial charge in [-0.3, -0.25) is 4.79 Å². The SMILES string of the molecule is CC(C)OCCCNC(=O)Cc1ccc(Cl)cc1F. The summed E-state index contributed by atoms with van der Waals surface area (Å²) >= 11 is 5.64. The molecule has 0 aliphatic rings. The first kappa shape index (κ1) is 15.9. The minimum Gasteiger partial charge on any atom is -0.379 e. The molecule has 0 heterocycles. The number of benzene rings is 1. The number of halogens is 2. The van der Waals surface area contributed by atoms with Gasteiger partial charge in [0, 0.05) is 18.2 Å². The second-order valence-corrected chi connectivity index (χ2v) is 4.97. The molecule has 106 valence electrons. The molecule has 0 atom stereocenters. The van der Waals surface area contributed by atoms with Crippen LogP contribution in [0.1, 0.15) is 25.8 Å². The monoisotopic (exact) mass is 287 g/mol. The predicted octanol–water partition coefficient (Wildman–Crippen LogP) is 2.95. The summed E-state index contributed by atoms with van der Waals surface area (Å²) < 4.78 is 18.8. The first-order valence-electron chi connectivity index (χ1n) is 6.31. The number of ether oxygens (including phenoxy) is 1. The van der Waals surface area contributed by atoms with E-state index in [-0.39, 0.29) is 18.4 Å². The molecule has 0 spiro atoms. The third-order valence-electron chi connectivity index (χ3n) is 2.46. The van der Waals surface area contributed by atoms with E-state index in [4.69, 9.17) is 16.3 Å². The third-order valence-corrected chi connectivity index (χ3v) is 2.70. The van der Waals surface area contributed by atoms with Crippen LogP contribution >= 0.6 is 11.6 Å². The van der Waals surface area contributed by atoms with E-state index >= 15 is 0 Å². The Morgan fingerprint density at radius 2 is 2.21 bits per heavy atom. The summed E-state index contributed by atoms with van der Waals surface area (Å²) in [4.78, 5) is 11.6. The van der Waals surface area contributed by atoms with Crippen molar-refractivity contribution in [3.63, 3.8) is 0 Å². The first-order valence-corrected chi connectivity index (χ1v) is 6.69. The smallest absolute Gasteiger partial charge is 0.224 e. The largest absolute Gasteiger partial charge is 0.379 e. The zero-order valence-corrected chi connectivity index (χ0v) is 12.0. The molecule has 1 rings (SSSR count). The van der Waals surface area contributed by atoms with Crippen LogP contribution in [0, 0.1) is 5.82 Å². The maximum atomic E-state index is 13.5. The van der Waals surface area contributed by atoms with E-state index < -0.39 is 5.82 Å². The highest BCUT2D eigenvalue weighted by atomic mass is 35.5. The summed E-state index contributed by atoms with van der Waals surface area (Å²) in [6, 6.07) is 4.31. The van der Waals surface area contributed by atoms with Crippen molar-refractivity contribution < 1.29 is 13.9 Å². The Balaban J connectivity index is 2.27. The average Bonchev–Trinajstić information content (AvgIpc) is 2.32. The standard InChI is InChI=1S/C14H19ClFNO2/c1-10(2)19-7-3-6-17-14(18)8-11-4-5-12(15)9-13(11)16/h4-5,9-10H,3,6-8H2,1-2H3,(H,17,18). The molecule has 1 amide bonds. The van der Waals surface area contributed by atoms with E-state index in [9.17, 15) is 9.18 Å². The molecular formula is C14H19ClFNO2. The molecule has 0 radical (unpaired) electrons. The second-order valence-electron chi connectivity index (χ2n) is 4.54. The molecule has 1 aromatic carbocycles. The van der Waals surface area contributed by atoms with E-state index in [1.165, 1.54) is 12.1 Å². The number of nitrogens with one attached hydrogen (secondary N) is 1.